The van der Waals surface area contributed by atoms with Crippen LogP contribution >= 0.6 is 0 Å². The molecule has 1 aromatic carbocycles. The second-order valence-corrected chi connectivity index (χ2v) is 4.64. The van der Waals surface area contributed by atoms with Crippen LogP contribution in [0.5, 0.6) is 11.5 Å². The van der Waals surface area contributed by atoms with E-state index in [0.29, 0.717) is 18.2 Å². The molecule has 2 N–H and O–H groups in total. The van der Waals surface area contributed by atoms with Gasteiger partial charge in [-0.3, -0.25) is 0 Å². The zero-order valence-corrected chi connectivity index (χ0v) is 9.63. The highest BCUT2D eigenvalue weighted by molar-refractivity contribution is 7.89. The fourth-order valence-electron chi connectivity index (χ4n) is 1.06. The highest BCUT2D eigenvalue weighted by Crippen LogP contribution is 2.34. The Kier molecular flexibility index (Phi) is 4.20. The van der Waals surface area contributed by atoms with Gasteiger partial charge in [0.05, 0.1) is 4.90 Å². The molecule has 11 heteroatoms. The first kappa shape index (κ1) is 15.4. The van der Waals surface area contributed by atoms with Crippen molar-refractivity contribution in [3.05, 3.63) is 18.2 Å². The number of rotatable bonds is 4. The first-order valence-electron chi connectivity index (χ1n) is 4.36. The molecule has 0 saturated carbocycles. The van der Waals surface area contributed by atoms with E-state index in [1.807, 2.05) is 0 Å². The van der Waals surface area contributed by atoms with Gasteiger partial charge in [0.1, 0.15) is 0 Å². The van der Waals surface area contributed by atoms with E-state index in [2.05, 4.69) is 9.47 Å². The standard InChI is InChI=1S/C8H6F5NO4S/c9-7(10)17-6-3-4(19(14,15)16)1-2-5(6)18-8(11,12)13/h1-3,7H,(H2,14,15,16). The van der Waals surface area contributed by atoms with Crippen molar-refractivity contribution in [1.82, 2.24) is 0 Å². The van der Waals surface area contributed by atoms with E-state index in [1.165, 1.54) is 0 Å². The van der Waals surface area contributed by atoms with Crippen molar-refractivity contribution in [1.29, 1.82) is 0 Å². The third kappa shape index (κ3) is 4.87. The summed E-state index contributed by atoms with van der Waals surface area (Å²) in [7, 11) is -4.28. The van der Waals surface area contributed by atoms with Crippen LogP contribution in [0.25, 0.3) is 0 Å². The zero-order chi connectivity index (χ0) is 14.8. The molecule has 1 rings (SSSR count). The molecule has 0 amide bonds. The smallest absolute Gasteiger partial charge is 0.431 e. The minimum absolute atomic E-state index is 0.405. The van der Waals surface area contributed by atoms with Crippen LogP contribution in [-0.2, 0) is 10.0 Å². The number of hydrogen-bond donors (Lipinski definition) is 1. The normalized spacial score (nSPS) is 12.6. The Morgan fingerprint density at radius 3 is 2.16 bits per heavy atom. The van der Waals surface area contributed by atoms with Crippen LogP contribution in [-0.4, -0.2) is 21.4 Å². The fourth-order valence-corrected chi connectivity index (χ4v) is 1.59. The van der Waals surface area contributed by atoms with Crippen LogP contribution in [0.4, 0.5) is 22.0 Å². The van der Waals surface area contributed by atoms with Crippen LogP contribution in [0, 0.1) is 0 Å². The number of alkyl halides is 5. The number of halogens is 5. The first-order valence-corrected chi connectivity index (χ1v) is 5.91. The van der Waals surface area contributed by atoms with Gasteiger partial charge in [-0.15, -0.1) is 13.2 Å². The third-order valence-corrected chi connectivity index (χ3v) is 2.60. The molecule has 0 aliphatic carbocycles. The summed E-state index contributed by atoms with van der Waals surface area (Å²) in [6, 6.07) is 1.57. The second kappa shape index (κ2) is 5.17. The molecule has 19 heavy (non-hydrogen) atoms. The monoisotopic (exact) mass is 307 g/mol. The SMILES string of the molecule is NS(=O)(=O)c1ccc(OC(F)(F)F)c(OC(F)F)c1. The van der Waals surface area contributed by atoms with Crippen molar-refractivity contribution >= 4 is 10.0 Å². The quantitative estimate of drug-likeness (QED) is 0.861. The lowest BCUT2D eigenvalue weighted by Gasteiger charge is -2.14. The largest absolute Gasteiger partial charge is 0.573 e. The Morgan fingerprint density at radius 1 is 1.16 bits per heavy atom. The summed E-state index contributed by atoms with van der Waals surface area (Å²) in [6.07, 6.45) is -5.15. The summed E-state index contributed by atoms with van der Waals surface area (Å²) in [5.41, 5.74) is 0. The Bertz CT molecular complexity index is 557. The van der Waals surface area contributed by atoms with Gasteiger partial charge >= 0.3 is 13.0 Å². The average molecular weight is 307 g/mol. The Morgan fingerprint density at radius 2 is 1.74 bits per heavy atom. The number of ether oxygens (including phenoxy) is 2. The maximum absolute atomic E-state index is 12.0. The predicted octanol–water partition coefficient (Wildman–Crippen LogP) is 1.83. The van der Waals surface area contributed by atoms with Gasteiger partial charge in [0.25, 0.3) is 0 Å². The molecule has 0 aliphatic heterocycles. The molecule has 0 saturated heterocycles. The number of nitrogens with two attached hydrogens (primary N) is 1. The lowest BCUT2D eigenvalue weighted by Crippen LogP contribution is -2.19. The summed E-state index contributed by atoms with van der Waals surface area (Å²) in [4.78, 5) is -0.697. The summed E-state index contributed by atoms with van der Waals surface area (Å²) in [5, 5.41) is 4.70. The lowest BCUT2D eigenvalue weighted by molar-refractivity contribution is -0.275. The van der Waals surface area contributed by atoms with Gasteiger partial charge in [0, 0.05) is 6.07 Å². The van der Waals surface area contributed by atoms with E-state index in [-0.39, 0.29) is 0 Å². The zero-order valence-electron chi connectivity index (χ0n) is 8.82. The molecule has 0 unspecified atom stereocenters. The number of benzene rings is 1. The molecule has 0 radical (unpaired) electrons. The van der Waals surface area contributed by atoms with Crippen molar-refractivity contribution in [3.8, 4) is 11.5 Å². The number of hydrogen-bond acceptors (Lipinski definition) is 4. The van der Waals surface area contributed by atoms with Gasteiger partial charge in [0.15, 0.2) is 11.5 Å². The molecule has 0 fully saturated rings. The van der Waals surface area contributed by atoms with E-state index >= 15 is 0 Å². The van der Waals surface area contributed by atoms with Gasteiger partial charge in [-0.2, -0.15) is 8.78 Å². The average Bonchev–Trinajstić information content (AvgIpc) is 2.15. The van der Waals surface area contributed by atoms with Gasteiger partial charge in [0.2, 0.25) is 10.0 Å². The molecule has 5 nitrogen and oxygen atoms in total. The lowest BCUT2D eigenvalue weighted by atomic mass is 10.3. The van der Waals surface area contributed by atoms with Crippen molar-refractivity contribution in [3.63, 3.8) is 0 Å². The van der Waals surface area contributed by atoms with Crippen LogP contribution in [0.15, 0.2) is 23.1 Å². The molecule has 0 aromatic heterocycles. The fraction of sp³-hybridized carbons (Fsp3) is 0.250. The molecular weight excluding hydrogens is 301 g/mol. The van der Waals surface area contributed by atoms with Gasteiger partial charge < -0.3 is 9.47 Å². The van der Waals surface area contributed by atoms with Crippen LogP contribution in [0.1, 0.15) is 0 Å². The van der Waals surface area contributed by atoms with E-state index in [4.69, 9.17) is 5.14 Å². The Hall–Kier alpha value is -1.62. The molecule has 0 bridgehead atoms. The Balaban J connectivity index is 3.24. The van der Waals surface area contributed by atoms with Crippen molar-refractivity contribution in [2.45, 2.75) is 17.9 Å². The molecule has 108 valence electrons. The van der Waals surface area contributed by atoms with Crippen molar-refractivity contribution < 1.29 is 39.8 Å². The minimum Gasteiger partial charge on any atom is -0.431 e. The van der Waals surface area contributed by atoms with Crippen molar-refractivity contribution in [2.24, 2.45) is 5.14 Å². The highest BCUT2D eigenvalue weighted by Gasteiger charge is 2.33. The number of primary sulfonamides is 1. The van der Waals surface area contributed by atoms with Gasteiger partial charge in [-0.25, -0.2) is 13.6 Å². The van der Waals surface area contributed by atoms with Crippen molar-refractivity contribution in [2.75, 3.05) is 0 Å². The maximum atomic E-state index is 12.0. The molecule has 0 heterocycles. The summed E-state index contributed by atoms with van der Waals surface area (Å²) in [6.45, 7) is -3.47. The summed E-state index contributed by atoms with van der Waals surface area (Å²) in [5.74, 6) is -2.21. The minimum atomic E-state index is -5.15. The predicted molar refractivity (Wildman–Crippen MR) is 51.1 cm³/mol. The topological polar surface area (TPSA) is 78.6 Å². The molecule has 1 aromatic rings. The van der Waals surface area contributed by atoms with Crippen LogP contribution in [0.3, 0.4) is 0 Å². The van der Waals surface area contributed by atoms with E-state index in [0.717, 1.165) is 0 Å². The van der Waals surface area contributed by atoms with Gasteiger partial charge in [-0.05, 0) is 12.1 Å². The van der Waals surface area contributed by atoms with E-state index in [9.17, 15) is 30.4 Å². The highest BCUT2D eigenvalue weighted by atomic mass is 32.2. The van der Waals surface area contributed by atoms with E-state index < -0.39 is 39.4 Å². The maximum Gasteiger partial charge on any atom is 0.573 e. The molecular formula is C8H6F5NO4S. The number of sulfonamides is 1. The summed E-state index contributed by atoms with van der Waals surface area (Å²) < 4.78 is 89.0. The van der Waals surface area contributed by atoms with Crippen LogP contribution in [0.2, 0.25) is 0 Å². The van der Waals surface area contributed by atoms with E-state index in [1.54, 1.807) is 0 Å². The molecule has 0 aliphatic rings. The Labute approximate surface area is 103 Å². The van der Waals surface area contributed by atoms with Gasteiger partial charge in [-0.1, -0.05) is 0 Å². The first-order chi connectivity index (χ1) is 8.49. The third-order valence-electron chi connectivity index (χ3n) is 1.69. The summed E-state index contributed by atoms with van der Waals surface area (Å²) >= 11 is 0. The molecule has 0 atom stereocenters. The molecule has 0 spiro atoms. The van der Waals surface area contributed by atoms with Crippen LogP contribution < -0.4 is 14.6 Å². The second-order valence-electron chi connectivity index (χ2n) is 3.08.